The van der Waals surface area contributed by atoms with E-state index in [-0.39, 0.29) is 5.56 Å². The molecule has 0 atom stereocenters. The molecule has 0 spiro atoms. The molecule has 2 aromatic carbocycles. The molecule has 8 nitrogen and oxygen atoms in total. The number of aryl methyl sites for hydroxylation is 3. The molecule has 2 N–H and O–H groups in total. The van der Waals surface area contributed by atoms with Crippen molar-refractivity contribution in [1.82, 2.24) is 14.8 Å². The summed E-state index contributed by atoms with van der Waals surface area (Å²) in [6, 6.07) is 13.1. The smallest absolute Gasteiger partial charge is 0.337 e. The van der Waals surface area contributed by atoms with Gasteiger partial charge in [0.25, 0.3) is 0 Å². The number of nitrogens with one attached hydrogen (secondary N) is 1. The van der Waals surface area contributed by atoms with E-state index < -0.39 is 5.97 Å². The number of hydrogen-bond donors (Lipinski definition) is 2. The van der Waals surface area contributed by atoms with Gasteiger partial charge in [0.2, 0.25) is 5.88 Å². The Balaban J connectivity index is 1.74. The number of rotatable bonds is 8. The van der Waals surface area contributed by atoms with Gasteiger partial charge in [-0.1, -0.05) is 32.0 Å². The maximum absolute atomic E-state index is 12.2. The minimum Gasteiger partial charge on any atom is -0.494 e. The number of benzene rings is 2. The Hall–Kier alpha value is -3.85. The van der Waals surface area contributed by atoms with Gasteiger partial charge >= 0.3 is 5.97 Å². The highest BCUT2D eigenvalue weighted by Crippen LogP contribution is 2.43. The Labute approximate surface area is 213 Å². The number of anilines is 2. The summed E-state index contributed by atoms with van der Waals surface area (Å²) in [6.45, 7) is 4.71. The molecule has 3 heterocycles. The highest BCUT2D eigenvalue weighted by Gasteiger charge is 2.27. The first kappa shape index (κ1) is 23.9. The summed E-state index contributed by atoms with van der Waals surface area (Å²) in [7, 11) is 1.62. The van der Waals surface area contributed by atoms with Crippen LogP contribution in [0, 0.1) is 0 Å². The highest BCUT2D eigenvalue weighted by atomic mass is 32.1. The first-order valence-electron chi connectivity index (χ1n) is 12.0. The van der Waals surface area contributed by atoms with Crippen LogP contribution in [0.3, 0.4) is 0 Å². The fourth-order valence-corrected chi connectivity index (χ4v) is 5.49. The van der Waals surface area contributed by atoms with Gasteiger partial charge in [0, 0.05) is 0 Å². The molecule has 4 aromatic rings. The molecule has 0 bridgehead atoms. The lowest BCUT2D eigenvalue weighted by Crippen LogP contribution is -2.08. The molecule has 2 aromatic heterocycles. The predicted octanol–water partition coefficient (Wildman–Crippen LogP) is 5.90. The fourth-order valence-electron chi connectivity index (χ4n) is 4.37. The zero-order chi connectivity index (χ0) is 25.2. The number of aromatic nitrogens is 3. The topological polar surface area (TPSA) is 98.5 Å². The second-order valence-corrected chi connectivity index (χ2v) is 9.55. The lowest BCUT2D eigenvalue weighted by molar-refractivity contribution is 0.0698. The van der Waals surface area contributed by atoms with Gasteiger partial charge in [-0.25, -0.2) is 14.5 Å². The molecule has 9 heteroatoms. The van der Waals surface area contributed by atoms with Crippen molar-refractivity contribution in [2.24, 2.45) is 0 Å². The van der Waals surface area contributed by atoms with Gasteiger partial charge in [-0.15, -0.1) is 11.3 Å². The molecule has 36 heavy (non-hydrogen) atoms. The van der Waals surface area contributed by atoms with Gasteiger partial charge in [0.15, 0.2) is 0 Å². The van der Waals surface area contributed by atoms with Crippen molar-refractivity contribution in [2.45, 2.75) is 39.5 Å². The number of para-hydroxylation sites is 2. The van der Waals surface area contributed by atoms with Crippen LogP contribution in [-0.2, 0) is 19.3 Å². The number of carboxylic acid groups (broad SMARTS) is 1. The fraction of sp³-hybridized carbons (Fsp3) is 0.296. The zero-order valence-electron chi connectivity index (χ0n) is 20.5. The van der Waals surface area contributed by atoms with Crippen LogP contribution in [0.2, 0.25) is 0 Å². The van der Waals surface area contributed by atoms with E-state index in [1.165, 1.54) is 0 Å². The van der Waals surface area contributed by atoms with E-state index in [1.54, 1.807) is 29.2 Å². The summed E-state index contributed by atoms with van der Waals surface area (Å²) in [5.74, 6) is 0.970. The second kappa shape index (κ2) is 10.0. The van der Waals surface area contributed by atoms with E-state index >= 15 is 0 Å². The summed E-state index contributed by atoms with van der Waals surface area (Å²) >= 11 is 1.60. The van der Waals surface area contributed by atoms with Crippen molar-refractivity contribution in [3.63, 3.8) is 0 Å². The standard InChI is InChI=1S/C27H28N4O4S/c1-4-16-12-13-19(17(15-16)27(32)33)28-24-23(26-29-25-22(36-26)11-8-14-35-25)18(5-2)30-31(24)20-9-6-7-10-21(20)34-3/h6-7,9-10,12-13,15,28H,4-5,8,11,14H2,1-3H3,(H,32,33). The minimum atomic E-state index is -0.994. The van der Waals surface area contributed by atoms with Crippen LogP contribution in [-0.4, -0.2) is 39.6 Å². The summed E-state index contributed by atoms with van der Waals surface area (Å²) in [4.78, 5) is 18.1. The third-order valence-corrected chi connectivity index (χ3v) is 7.36. The van der Waals surface area contributed by atoms with E-state index in [4.69, 9.17) is 19.6 Å². The van der Waals surface area contributed by atoms with Crippen molar-refractivity contribution in [1.29, 1.82) is 0 Å². The number of carbonyl (C=O) groups is 1. The van der Waals surface area contributed by atoms with Crippen LogP contribution in [0.5, 0.6) is 11.6 Å². The van der Waals surface area contributed by atoms with Gasteiger partial charge < -0.3 is 19.9 Å². The second-order valence-electron chi connectivity index (χ2n) is 8.47. The molecule has 0 saturated heterocycles. The molecule has 0 unspecified atom stereocenters. The summed E-state index contributed by atoms with van der Waals surface area (Å²) in [6.07, 6.45) is 3.31. The SMILES string of the molecule is CCc1ccc(Nc2c(-c3nc4c(s3)CCCO4)c(CC)nn2-c2ccccc2OC)c(C(=O)O)c1. The van der Waals surface area contributed by atoms with E-state index in [1.807, 2.05) is 50.2 Å². The molecular formula is C27H28N4O4S. The van der Waals surface area contributed by atoms with E-state index in [0.29, 0.717) is 36.2 Å². The maximum Gasteiger partial charge on any atom is 0.337 e. The van der Waals surface area contributed by atoms with Crippen LogP contribution >= 0.6 is 11.3 Å². The normalized spacial score (nSPS) is 12.6. The number of nitrogens with zero attached hydrogens (tertiary/aromatic N) is 3. The van der Waals surface area contributed by atoms with Crippen molar-refractivity contribution in [3.05, 3.63) is 64.2 Å². The Morgan fingerprint density at radius 3 is 2.78 bits per heavy atom. The Bertz CT molecular complexity index is 1400. The number of hydrogen-bond acceptors (Lipinski definition) is 7. The molecule has 186 valence electrons. The number of carboxylic acids is 1. The van der Waals surface area contributed by atoms with E-state index in [0.717, 1.165) is 51.7 Å². The quantitative estimate of drug-likeness (QED) is 0.308. The van der Waals surface area contributed by atoms with E-state index in [9.17, 15) is 9.90 Å². The number of aromatic carboxylic acids is 1. The molecule has 0 radical (unpaired) electrons. The molecular weight excluding hydrogens is 476 g/mol. The maximum atomic E-state index is 12.2. The van der Waals surface area contributed by atoms with E-state index in [2.05, 4.69) is 5.32 Å². The van der Waals surface area contributed by atoms with Crippen molar-refractivity contribution in [2.75, 3.05) is 19.0 Å². The Morgan fingerprint density at radius 1 is 1.22 bits per heavy atom. The highest BCUT2D eigenvalue weighted by molar-refractivity contribution is 7.15. The molecule has 0 saturated carbocycles. The number of thiazole rings is 1. The molecule has 5 rings (SSSR count). The van der Waals surface area contributed by atoms with Crippen LogP contribution in [0.15, 0.2) is 42.5 Å². The number of methoxy groups -OCH3 is 1. The zero-order valence-corrected chi connectivity index (χ0v) is 21.3. The molecule has 1 aliphatic heterocycles. The summed E-state index contributed by atoms with van der Waals surface area (Å²) in [5.41, 5.74) is 4.06. The predicted molar refractivity (Wildman–Crippen MR) is 140 cm³/mol. The Morgan fingerprint density at radius 2 is 2.06 bits per heavy atom. The summed E-state index contributed by atoms with van der Waals surface area (Å²) < 4.78 is 13.2. The van der Waals surface area contributed by atoms with Gasteiger partial charge in [0.1, 0.15) is 22.3 Å². The minimum absolute atomic E-state index is 0.202. The van der Waals surface area contributed by atoms with Gasteiger partial charge in [0.05, 0.1) is 41.1 Å². The summed E-state index contributed by atoms with van der Waals surface area (Å²) in [5, 5.41) is 19.1. The molecule has 0 amide bonds. The third-order valence-electron chi connectivity index (χ3n) is 6.24. The largest absolute Gasteiger partial charge is 0.494 e. The first-order chi connectivity index (χ1) is 17.5. The molecule has 0 aliphatic carbocycles. The van der Waals surface area contributed by atoms with Gasteiger partial charge in [-0.2, -0.15) is 5.10 Å². The van der Waals surface area contributed by atoms with Gasteiger partial charge in [-0.3, -0.25) is 0 Å². The average molecular weight is 505 g/mol. The van der Waals surface area contributed by atoms with Crippen LogP contribution in [0.1, 0.15) is 46.8 Å². The average Bonchev–Trinajstić information content (AvgIpc) is 3.49. The van der Waals surface area contributed by atoms with Crippen LogP contribution < -0.4 is 14.8 Å². The first-order valence-corrected chi connectivity index (χ1v) is 12.9. The van der Waals surface area contributed by atoms with Crippen molar-refractivity contribution in [3.8, 4) is 27.9 Å². The molecule has 1 aliphatic rings. The monoisotopic (exact) mass is 504 g/mol. The van der Waals surface area contributed by atoms with Gasteiger partial charge in [-0.05, 0) is 55.5 Å². The van der Waals surface area contributed by atoms with Crippen LogP contribution in [0.25, 0.3) is 16.3 Å². The van der Waals surface area contributed by atoms with Crippen molar-refractivity contribution >= 4 is 28.8 Å². The van der Waals surface area contributed by atoms with Crippen LogP contribution in [0.4, 0.5) is 11.5 Å². The lowest BCUT2D eigenvalue weighted by Gasteiger charge is -2.16. The lowest BCUT2D eigenvalue weighted by atomic mass is 10.1. The third kappa shape index (κ3) is 4.30. The molecule has 0 fully saturated rings. The number of fused-ring (bicyclic) bond motifs is 1. The van der Waals surface area contributed by atoms with Crippen molar-refractivity contribution < 1.29 is 19.4 Å². The number of ether oxygens (including phenoxy) is 2. The Kier molecular flexibility index (Phi) is 6.65.